The molecule has 2 N–H and O–H groups in total. The van der Waals surface area contributed by atoms with Crippen LogP contribution in [-0.2, 0) is 11.2 Å². The molecule has 0 aliphatic carbocycles. The number of carbonyl (C=O) groups excluding carboxylic acids is 2. The Balaban J connectivity index is 1.42. The van der Waals surface area contributed by atoms with E-state index in [1.807, 2.05) is 41.8 Å². The molecule has 2 heterocycles. The maximum Gasteiger partial charge on any atom is 0.265 e. The molecule has 160 valence electrons. The van der Waals surface area contributed by atoms with E-state index in [1.165, 1.54) is 0 Å². The first-order chi connectivity index (χ1) is 15.0. The predicted molar refractivity (Wildman–Crippen MR) is 124 cm³/mol. The Kier molecular flexibility index (Phi) is 6.37. The van der Waals surface area contributed by atoms with Crippen LogP contribution in [0.4, 0.5) is 5.69 Å². The van der Waals surface area contributed by atoms with Crippen molar-refractivity contribution >= 4 is 28.8 Å². The second-order valence-electron chi connectivity index (χ2n) is 8.16. The van der Waals surface area contributed by atoms with E-state index in [-0.39, 0.29) is 17.9 Å². The van der Waals surface area contributed by atoms with Crippen LogP contribution in [0.15, 0.2) is 66.0 Å². The molecule has 1 aromatic heterocycles. The first-order valence-electron chi connectivity index (χ1n) is 10.5. The van der Waals surface area contributed by atoms with Gasteiger partial charge in [0.25, 0.3) is 11.8 Å². The minimum atomic E-state index is -0.566. The molecule has 6 heteroatoms. The van der Waals surface area contributed by atoms with Crippen molar-refractivity contribution < 1.29 is 14.3 Å². The molecule has 3 aromatic rings. The van der Waals surface area contributed by atoms with E-state index in [9.17, 15) is 9.59 Å². The third-order valence-electron chi connectivity index (χ3n) is 5.23. The van der Waals surface area contributed by atoms with Crippen molar-refractivity contribution in [2.45, 2.75) is 38.8 Å². The summed E-state index contributed by atoms with van der Waals surface area (Å²) in [5.41, 5.74) is 2.12. The highest BCUT2D eigenvalue weighted by molar-refractivity contribution is 7.10. The van der Waals surface area contributed by atoms with Crippen LogP contribution in [0.1, 0.15) is 47.1 Å². The molecule has 0 saturated carbocycles. The summed E-state index contributed by atoms with van der Waals surface area (Å²) in [5, 5.41) is 8.06. The van der Waals surface area contributed by atoms with Crippen molar-refractivity contribution in [3.63, 3.8) is 0 Å². The smallest absolute Gasteiger partial charge is 0.265 e. The summed E-state index contributed by atoms with van der Waals surface area (Å²) >= 11 is 1.65. The normalized spacial score (nSPS) is 15.8. The lowest BCUT2D eigenvalue weighted by Gasteiger charge is -2.20. The quantitative estimate of drug-likeness (QED) is 0.537. The molecule has 2 atom stereocenters. The van der Waals surface area contributed by atoms with Gasteiger partial charge in [-0.1, -0.05) is 44.2 Å². The van der Waals surface area contributed by atoms with Crippen LogP contribution < -0.4 is 15.4 Å². The minimum Gasteiger partial charge on any atom is -0.480 e. The largest absolute Gasteiger partial charge is 0.480 e. The molecular weight excluding hydrogens is 408 g/mol. The average Bonchev–Trinajstić information content (AvgIpc) is 3.43. The van der Waals surface area contributed by atoms with Gasteiger partial charge in [0.2, 0.25) is 0 Å². The Labute approximate surface area is 186 Å². The summed E-state index contributed by atoms with van der Waals surface area (Å²) in [4.78, 5) is 26.8. The lowest BCUT2D eigenvalue weighted by molar-refractivity contribution is -0.122. The van der Waals surface area contributed by atoms with Crippen LogP contribution in [-0.4, -0.2) is 17.9 Å². The average molecular weight is 435 g/mol. The number of amides is 2. The maximum absolute atomic E-state index is 12.9. The van der Waals surface area contributed by atoms with E-state index in [2.05, 4.69) is 24.5 Å². The van der Waals surface area contributed by atoms with Crippen LogP contribution in [0.25, 0.3) is 0 Å². The number of ether oxygens (including phenoxy) is 1. The van der Waals surface area contributed by atoms with E-state index in [0.29, 0.717) is 23.6 Å². The topological polar surface area (TPSA) is 67.4 Å². The Morgan fingerprint density at radius 3 is 2.68 bits per heavy atom. The Bertz CT molecular complexity index is 1040. The zero-order valence-corrected chi connectivity index (χ0v) is 18.4. The van der Waals surface area contributed by atoms with E-state index in [4.69, 9.17) is 4.74 Å². The van der Waals surface area contributed by atoms with Gasteiger partial charge < -0.3 is 15.4 Å². The summed E-state index contributed by atoms with van der Waals surface area (Å²) in [6.45, 7) is 4.29. The molecule has 31 heavy (non-hydrogen) atoms. The fourth-order valence-electron chi connectivity index (χ4n) is 3.74. The molecule has 2 amide bonds. The van der Waals surface area contributed by atoms with Gasteiger partial charge in [-0.2, -0.15) is 0 Å². The number of thiophene rings is 1. The van der Waals surface area contributed by atoms with Crippen LogP contribution in [0.3, 0.4) is 0 Å². The zero-order valence-electron chi connectivity index (χ0n) is 17.6. The predicted octanol–water partition coefficient (Wildman–Crippen LogP) is 5.21. The molecule has 0 fully saturated rings. The lowest BCUT2D eigenvalue weighted by Crippen LogP contribution is -2.32. The van der Waals surface area contributed by atoms with Gasteiger partial charge in [-0.3, -0.25) is 9.59 Å². The van der Waals surface area contributed by atoms with Crippen LogP contribution in [0.2, 0.25) is 0 Å². The zero-order chi connectivity index (χ0) is 21.8. The molecular formula is C25H26N2O3S. The van der Waals surface area contributed by atoms with Gasteiger partial charge in [-0.25, -0.2) is 0 Å². The molecule has 5 nitrogen and oxygen atoms in total. The van der Waals surface area contributed by atoms with Gasteiger partial charge in [-0.05, 0) is 53.6 Å². The molecule has 4 rings (SSSR count). The number of para-hydroxylation sites is 1. The lowest BCUT2D eigenvalue weighted by atomic mass is 10.0. The number of anilines is 1. The van der Waals surface area contributed by atoms with Crippen molar-refractivity contribution in [1.82, 2.24) is 5.32 Å². The van der Waals surface area contributed by atoms with Crippen LogP contribution in [0, 0.1) is 5.92 Å². The molecule has 0 spiro atoms. The molecule has 2 aromatic carbocycles. The number of benzene rings is 2. The van der Waals surface area contributed by atoms with Crippen molar-refractivity contribution in [3.05, 3.63) is 82.0 Å². The molecule has 1 aliphatic rings. The van der Waals surface area contributed by atoms with Gasteiger partial charge in [0.15, 0.2) is 6.10 Å². The molecule has 1 aliphatic heterocycles. The van der Waals surface area contributed by atoms with Gasteiger partial charge in [0, 0.05) is 22.5 Å². The summed E-state index contributed by atoms with van der Waals surface area (Å²) in [5.74, 6) is 0.832. The van der Waals surface area contributed by atoms with E-state index < -0.39 is 6.10 Å². The Hall–Kier alpha value is -3.12. The molecule has 0 bridgehead atoms. The number of hydrogen-bond acceptors (Lipinski definition) is 4. The highest BCUT2D eigenvalue weighted by Crippen LogP contribution is 2.29. The first-order valence-corrected chi connectivity index (χ1v) is 11.4. The maximum atomic E-state index is 12.9. The number of fused-ring (bicyclic) bond motifs is 1. The highest BCUT2D eigenvalue weighted by Gasteiger charge is 2.29. The van der Waals surface area contributed by atoms with Gasteiger partial charge in [0.1, 0.15) is 5.75 Å². The third kappa shape index (κ3) is 5.14. The first kappa shape index (κ1) is 21.1. The highest BCUT2D eigenvalue weighted by atomic mass is 32.1. The van der Waals surface area contributed by atoms with E-state index >= 15 is 0 Å². The Morgan fingerprint density at radius 1 is 1.10 bits per heavy atom. The third-order valence-corrected chi connectivity index (χ3v) is 6.22. The summed E-state index contributed by atoms with van der Waals surface area (Å²) in [6.07, 6.45) is 0.839. The number of carbonyl (C=O) groups is 2. The van der Waals surface area contributed by atoms with Gasteiger partial charge >= 0.3 is 0 Å². The fourth-order valence-corrected chi connectivity index (χ4v) is 4.53. The summed E-state index contributed by atoms with van der Waals surface area (Å²) in [6, 6.07) is 18.7. The standard InChI is InChI=1S/C25H26N2O3S/c1-16(2)13-20(23-11-6-12-31-23)27-24(28)18-8-5-9-19(14-18)26-25(29)22-15-17-7-3-4-10-21(17)30-22/h3-12,14,16,20,22H,13,15H2,1-2H3,(H,26,29)(H,27,28). The monoisotopic (exact) mass is 434 g/mol. The number of nitrogens with one attached hydrogen (secondary N) is 2. The second kappa shape index (κ2) is 9.35. The summed E-state index contributed by atoms with van der Waals surface area (Å²) < 4.78 is 5.76. The number of rotatable bonds is 7. The van der Waals surface area contributed by atoms with Crippen LogP contribution >= 0.6 is 11.3 Å². The SMILES string of the molecule is CC(C)CC(NC(=O)c1cccc(NC(=O)C2Cc3ccccc3O2)c1)c1cccs1. The summed E-state index contributed by atoms with van der Waals surface area (Å²) in [7, 11) is 0. The van der Waals surface area contributed by atoms with E-state index in [0.717, 1.165) is 22.6 Å². The second-order valence-corrected chi connectivity index (χ2v) is 9.14. The Morgan fingerprint density at radius 2 is 1.94 bits per heavy atom. The van der Waals surface area contributed by atoms with E-state index in [1.54, 1.807) is 35.6 Å². The van der Waals surface area contributed by atoms with Gasteiger partial charge in [0.05, 0.1) is 6.04 Å². The van der Waals surface area contributed by atoms with Crippen molar-refractivity contribution in [2.24, 2.45) is 5.92 Å². The van der Waals surface area contributed by atoms with Crippen molar-refractivity contribution in [1.29, 1.82) is 0 Å². The minimum absolute atomic E-state index is 0.0314. The number of hydrogen-bond donors (Lipinski definition) is 2. The molecule has 0 saturated heterocycles. The van der Waals surface area contributed by atoms with Crippen molar-refractivity contribution in [2.75, 3.05) is 5.32 Å². The molecule has 2 unspecified atom stereocenters. The van der Waals surface area contributed by atoms with Crippen molar-refractivity contribution in [3.8, 4) is 5.75 Å². The fraction of sp³-hybridized carbons (Fsp3) is 0.280. The van der Waals surface area contributed by atoms with Crippen LogP contribution in [0.5, 0.6) is 5.75 Å². The van der Waals surface area contributed by atoms with Gasteiger partial charge in [-0.15, -0.1) is 11.3 Å². The molecule has 0 radical (unpaired) electrons.